The highest BCUT2D eigenvalue weighted by molar-refractivity contribution is 5.89. The lowest BCUT2D eigenvalue weighted by atomic mass is 10.0. The van der Waals surface area contributed by atoms with E-state index >= 15 is 0 Å². The Morgan fingerprint density at radius 3 is 2.68 bits per heavy atom. The van der Waals surface area contributed by atoms with Crippen molar-refractivity contribution in [2.24, 2.45) is 4.99 Å². The van der Waals surface area contributed by atoms with Crippen molar-refractivity contribution in [3.63, 3.8) is 0 Å². The second-order valence-corrected chi connectivity index (χ2v) is 11.2. The summed E-state index contributed by atoms with van der Waals surface area (Å²) in [5, 5.41) is 0. The highest BCUT2D eigenvalue weighted by Crippen LogP contribution is 2.33. The standard InChI is InChI=1S/C33H35N9O2/c1-23-16-30(36-21-35-23)40-12-10-27-28(18-40)38-32(39-33(27)42-14-15-43-19-24(42)2)26-8-9-29(34-17-26)41-13-11-31(37-22-41)44-20-25-6-4-3-5-7-25/h3-9,11,13,16-17,21,24H,10,12,14-15,18-20,22H2,1-2H3/t24-/m0/s1. The summed E-state index contributed by atoms with van der Waals surface area (Å²) in [6, 6.07) is 16.4. The van der Waals surface area contributed by atoms with Gasteiger partial charge in [0.05, 0.1) is 31.5 Å². The molecule has 224 valence electrons. The molecule has 6 heterocycles. The number of aryl methyl sites for hydroxylation is 1. The van der Waals surface area contributed by atoms with Crippen molar-refractivity contribution < 1.29 is 9.47 Å². The lowest BCUT2D eigenvalue weighted by molar-refractivity contribution is 0.0984. The fourth-order valence-corrected chi connectivity index (χ4v) is 5.69. The number of aliphatic imine (C=N–C) groups is 1. The van der Waals surface area contributed by atoms with Gasteiger partial charge in [-0.2, -0.15) is 0 Å². The molecule has 3 aliphatic rings. The fraction of sp³-hybridized carbons (Fsp3) is 0.333. The Bertz CT molecular complexity index is 1680. The third-order valence-corrected chi connectivity index (χ3v) is 8.10. The van der Waals surface area contributed by atoms with E-state index in [-0.39, 0.29) is 6.04 Å². The van der Waals surface area contributed by atoms with Crippen LogP contribution in [-0.4, -0.2) is 69.8 Å². The van der Waals surface area contributed by atoms with Crippen LogP contribution in [0, 0.1) is 6.92 Å². The Kier molecular flexibility index (Phi) is 7.85. The van der Waals surface area contributed by atoms with Crippen LogP contribution >= 0.6 is 0 Å². The van der Waals surface area contributed by atoms with Gasteiger partial charge in [0, 0.05) is 54.4 Å². The van der Waals surface area contributed by atoms with Crippen LogP contribution in [-0.2, 0) is 29.0 Å². The molecule has 4 aromatic rings. The second-order valence-electron chi connectivity index (χ2n) is 11.2. The average molecular weight is 590 g/mol. The summed E-state index contributed by atoms with van der Waals surface area (Å²) >= 11 is 0. The maximum absolute atomic E-state index is 5.86. The van der Waals surface area contributed by atoms with E-state index in [1.54, 1.807) is 6.33 Å². The van der Waals surface area contributed by atoms with Crippen molar-refractivity contribution in [2.45, 2.75) is 39.5 Å². The van der Waals surface area contributed by atoms with Crippen LogP contribution in [0.15, 0.2) is 78.3 Å². The summed E-state index contributed by atoms with van der Waals surface area (Å²) in [5.41, 5.74) is 5.14. The normalized spacial score (nSPS) is 18.2. The third kappa shape index (κ3) is 5.96. The molecular formula is C33H35N9O2. The van der Waals surface area contributed by atoms with Crippen molar-refractivity contribution >= 4 is 23.4 Å². The zero-order valence-electron chi connectivity index (χ0n) is 25.0. The Balaban J connectivity index is 1.12. The van der Waals surface area contributed by atoms with Crippen molar-refractivity contribution in [3.05, 3.63) is 95.8 Å². The molecule has 1 aromatic carbocycles. The van der Waals surface area contributed by atoms with Gasteiger partial charge < -0.3 is 24.2 Å². The number of fused-ring (bicyclic) bond motifs is 1. The van der Waals surface area contributed by atoms with Gasteiger partial charge in [-0.15, -0.1) is 0 Å². The molecule has 3 aromatic heterocycles. The first kappa shape index (κ1) is 27.9. The number of rotatable bonds is 6. The molecule has 3 aliphatic heterocycles. The van der Waals surface area contributed by atoms with Gasteiger partial charge in [-0.3, -0.25) is 0 Å². The van der Waals surface area contributed by atoms with Gasteiger partial charge in [-0.1, -0.05) is 30.3 Å². The number of nitrogens with zero attached hydrogens (tertiary/aromatic N) is 9. The van der Waals surface area contributed by atoms with Gasteiger partial charge in [-0.05, 0) is 38.0 Å². The smallest absolute Gasteiger partial charge is 0.212 e. The molecule has 1 saturated heterocycles. The molecule has 1 atom stereocenters. The van der Waals surface area contributed by atoms with E-state index in [1.165, 1.54) is 5.56 Å². The number of anilines is 3. The molecule has 0 N–H and O–H groups in total. The molecule has 0 saturated carbocycles. The number of pyridine rings is 1. The highest BCUT2D eigenvalue weighted by atomic mass is 16.5. The second kappa shape index (κ2) is 12.4. The molecule has 11 heteroatoms. The van der Waals surface area contributed by atoms with Crippen molar-refractivity contribution in [2.75, 3.05) is 47.7 Å². The van der Waals surface area contributed by atoms with Crippen LogP contribution in [0.4, 0.5) is 17.5 Å². The summed E-state index contributed by atoms with van der Waals surface area (Å²) in [5.74, 6) is 3.99. The van der Waals surface area contributed by atoms with Crippen molar-refractivity contribution in [3.8, 4) is 11.4 Å². The van der Waals surface area contributed by atoms with E-state index in [1.807, 2.05) is 78.8 Å². The fourth-order valence-electron chi connectivity index (χ4n) is 5.69. The summed E-state index contributed by atoms with van der Waals surface area (Å²) in [6.07, 6.45) is 8.13. The molecule has 1 fully saturated rings. The zero-order chi connectivity index (χ0) is 29.9. The van der Waals surface area contributed by atoms with Gasteiger partial charge in [0.2, 0.25) is 5.90 Å². The average Bonchev–Trinajstić information content (AvgIpc) is 3.08. The molecule has 7 rings (SSSR count). The number of aromatic nitrogens is 5. The largest absolute Gasteiger partial charge is 0.473 e. The monoisotopic (exact) mass is 589 g/mol. The molecule has 0 spiro atoms. The number of hydrogen-bond acceptors (Lipinski definition) is 11. The number of benzene rings is 1. The Morgan fingerprint density at radius 2 is 1.91 bits per heavy atom. The molecule has 0 unspecified atom stereocenters. The van der Waals surface area contributed by atoms with Crippen LogP contribution < -0.4 is 14.7 Å². The van der Waals surface area contributed by atoms with Gasteiger partial charge in [0.15, 0.2) is 5.82 Å². The summed E-state index contributed by atoms with van der Waals surface area (Å²) in [7, 11) is 0. The van der Waals surface area contributed by atoms with Gasteiger partial charge >= 0.3 is 0 Å². The Labute approximate surface area is 257 Å². The Morgan fingerprint density at radius 1 is 1.00 bits per heavy atom. The lowest BCUT2D eigenvalue weighted by Crippen LogP contribution is -2.45. The SMILES string of the molecule is Cc1cc(N2CCc3c(nc(-c4ccc(N5C=CC(OCc6ccccc6)=NC5)nc4)nc3N3CCOC[C@@H]3C)C2)ncn1. The minimum atomic E-state index is 0.228. The third-order valence-electron chi connectivity index (χ3n) is 8.10. The van der Waals surface area contributed by atoms with Crippen LogP contribution in [0.2, 0.25) is 0 Å². The predicted molar refractivity (Wildman–Crippen MR) is 170 cm³/mol. The van der Waals surface area contributed by atoms with E-state index in [0.29, 0.717) is 44.8 Å². The van der Waals surface area contributed by atoms with E-state index in [0.717, 1.165) is 59.5 Å². The van der Waals surface area contributed by atoms with E-state index in [4.69, 9.17) is 24.4 Å². The summed E-state index contributed by atoms with van der Waals surface area (Å²) in [6.45, 7) is 8.77. The quantitative estimate of drug-likeness (QED) is 0.323. The molecule has 44 heavy (non-hydrogen) atoms. The topological polar surface area (TPSA) is 105 Å². The van der Waals surface area contributed by atoms with Crippen molar-refractivity contribution in [1.82, 2.24) is 24.9 Å². The van der Waals surface area contributed by atoms with Crippen LogP contribution in [0.1, 0.15) is 29.4 Å². The molecule has 0 radical (unpaired) electrons. The molecule has 0 bridgehead atoms. The van der Waals surface area contributed by atoms with Gasteiger partial charge in [0.1, 0.15) is 37.1 Å². The molecule has 0 aliphatic carbocycles. The highest BCUT2D eigenvalue weighted by Gasteiger charge is 2.29. The summed E-state index contributed by atoms with van der Waals surface area (Å²) in [4.78, 5) is 35.0. The van der Waals surface area contributed by atoms with Crippen LogP contribution in [0.25, 0.3) is 11.4 Å². The first-order valence-electron chi connectivity index (χ1n) is 15.0. The minimum absolute atomic E-state index is 0.228. The zero-order valence-corrected chi connectivity index (χ0v) is 25.0. The van der Waals surface area contributed by atoms with E-state index < -0.39 is 0 Å². The van der Waals surface area contributed by atoms with Gasteiger partial charge in [-0.25, -0.2) is 29.9 Å². The maximum Gasteiger partial charge on any atom is 0.212 e. The molecular weight excluding hydrogens is 554 g/mol. The minimum Gasteiger partial charge on any atom is -0.473 e. The number of hydrogen-bond donors (Lipinski definition) is 0. The van der Waals surface area contributed by atoms with Crippen molar-refractivity contribution in [1.29, 1.82) is 0 Å². The summed E-state index contributed by atoms with van der Waals surface area (Å²) < 4.78 is 11.6. The first-order chi connectivity index (χ1) is 21.6. The maximum atomic E-state index is 5.86. The molecule has 0 amide bonds. The van der Waals surface area contributed by atoms with Crippen LogP contribution in [0.5, 0.6) is 0 Å². The number of morpholine rings is 1. The lowest BCUT2D eigenvalue weighted by Gasteiger charge is -2.38. The van der Waals surface area contributed by atoms with Gasteiger partial charge in [0.25, 0.3) is 0 Å². The van der Waals surface area contributed by atoms with Crippen LogP contribution in [0.3, 0.4) is 0 Å². The van der Waals surface area contributed by atoms with E-state index in [9.17, 15) is 0 Å². The number of ether oxygens (including phenoxy) is 2. The Hall–Kier alpha value is -4.90. The molecule has 11 nitrogen and oxygen atoms in total. The predicted octanol–water partition coefficient (Wildman–Crippen LogP) is 4.33. The first-order valence-corrected chi connectivity index (χ1v) is 15.0. The van der Waals surface area contributed by atoms with E-state index in [2.05, 4.69) is 31.7 Å².